The summed E-state index contributed by atoms with van der Waals surface area (Å²) in [4.78, 5) is 30.5. The van der Waals surface area contributed by atoms with Crippen molar-refractivity contribution in [3.63, 3.8) is 0 Å². The molecule has 5 nitrogen and oxygen atoms in total. The van der Waals surface area contributed by atoms with Crippen molar-refractivity contribution in [2.45, 2.75) is 20.3 Å². The van der Waals surface area contributed by atoms with E-state index in [0.717, 1.165) is 16.9 Å². The molecule has 1 aliphatic heterocycles. The summed E-state index contributed by atoms with van der Waals surface area (Å²) >= 11 is 1.40. The molecule has 2 amide bonds. The zero-order valence-electron chi connectivity index (χ0n) is 12.5. The summed E-state index contributed by atoms with van der Waals surface area (Å²) in [5, 5.41) is 5.27. The molecule has 1 unspecified atom stereocenters. The third-order valence-corrected chi connectivity index (χ3v) is 4.63. The van der Waals surface area contributed by atoms with Gasteiger partial charge in [-0.05, 0) is 25.5 Å². The summed E-state index contributed by atoms with van der Waals surface area (Å²) in [6, 6.07) is 7.72. The van der Waals surface area contributed by atoms with Crippen LogP contribution in [0.25, 0.3) is 0 Å². The van der Waals surface area contributed by atoms with Crippen LogP contribution in [0, 0.1) is 19.8 Å². The van der Waals surface area contributed by atoms with Crippen LogP contribution in [-0.2, 0) is 9.59 Å². The third-order valence-electron chi connectivity index (χ3n) is 3.75. The molecule has 0 saturated carbocycles. The Balaban J connectivity index is 1.71. The highest BCUT2D eigenvalue weighted by atomic mass is 32.1. The molecular weight excluding hydrogens is 298 g/mol. The summed E-state index contributed by atoms with van der Waals surface area (Å²) in [7, 11) is 0. The Morgan fingerprint density at radius 2 is 2.14 bits per heavy atom. The third kappa shape index (κ3) is 2.87. The molecule has 1 N–H and O–H groups in total. The van der Waals surface area contributed by atoms with E-state index in [4.69, 9.17) is 0 Å². The summed E-state index contributed by atoms with van der Waals surface area (Å²) < 4.78 is 0. The second kappa shape index (κ2) is 5.88. The number of carbonyl (C=O) groups excluding carboxylic acids is 2. The molecule has 1 aromatic carbocycles. The predicted octanol–water partition coefficient (Wildman–Crippen LogP) is 2.75. The summed E-state index contributed by atoms with van der Waals surface area (Å²) in [6.45, 7) is 4.26. The lowest BCUT2D eigenvalue weighted by molar-refractivity contribution is -0.122. The zero-order valence-corrected chi connectivity index (χ0v) is 13.3. The van der Waals surface area contributed by atoms with Gasteiger partial charge in [0, 0.05) is 24.0 Å². The molecule has 0 spiro atoms. The van der Waals surface area contributed by atoms with Crippen LogP contribution in [0.2, 0.25) is 0 Å². The van der Waals surface area contributed by atoms with Crippen molar-refractivity contribution in [1.82, 2.24) is 4.98 Å². The van der Waals surface area contributed by atoms with Crippen LogP contribution in [-0.4, -0.2) is 23.3 Å². The number of carbonyl (C=O) groups is 2. The van der Waals surface area contributed by atoms with E-state index in [1.54, 1.807) is 4.90 Å². The topological polar surface area (TPSA) is 62.3 Å². The van der Waals surface area contributed by atoms with Gasteiger partial charge in [0.1, 0.15) is 0 Å². The molecule has 0 radical (unpaired) electrons. The molecule has 1 atom stereocenters. The van der Waals surface area contributed by atoms with Crippen LogP contribution in [0.15, 0.2) is 29.6 Å². The Morgan fingerprint density at radius 1 is 1.36 bits per heavy atom. The standard InChI is InChI=1S/C16H17N3O2S/c1-10-5-3-4-6-13(10)19-8-12(7-14(19)20)15(21)18-16-17-11(2)9-22-16/h3-6,9,12H,7-8H2,1-2H3,(H,17,18,21). The number of thiazole rings is 1. The van der Waals surface area contributed by atoms with Gasteiger partial charge in [0.05, 0.1) is 11.6 Å². The van der Waals surface area contributed by atoms with Gasteiger partial charge in [-0.2, -0.15) is 0 Å². The Bertz CT molecular complexity index is 726. The largest absolute Gasteiger partial charge is 0.311 e. The Kier molecular flexibility index (Phi) is 3.94. The van der Waals surface area contributed by atoms with Crippen LogP contribution in [0.1, 0.15) is 17.7 Å². The highest BCUT2D eigenvalue weighted by Crippen LogP contribution is 2.28. The van der Waals surface area contributed by atoms with Gasteiger partial charge in [-0.1, -0.05) is 18.2 Å². The number of nitrogens with one attached hydrogen (secondary N) is 1. The van der Waals surface area contributed by atoms with E-state index < -0.39 is 0 Å². The minimum Gasteiger partial charge on any atom is -0.311 e. The van der Waals surface area contributed by atoms with Gasteiger partial charge in [-0.25, -0.2) is 4.98 Å². The molecule has 114 valence electrons. The van der Waals surface area contributed by atoms with Crippen molar-refractivity contribution >= 4 is 34.0 Å². The first kappa shape index (κ1) is 14.7. The van der Waals surface area contributed by atoms with E-state index in [2.05, 4.69) is 10.3 Å². The first-order chi connectivity index (χ1) is 10.5. The number of benzene rings is 1. The minimum atomic E-state index is -0.337. The number of aromatic nitrogens is 1. The number of amides is 2. The highest BCUT2D eigenvalue weighted by Gasteiger charge is 2.35. The average molecular weight is 315 g/mol. The van der Waals surface area contributed by atoms with Crippen LogP contribution in [0.5, 0.6) is 0 Å². The number of rotatable bonds is 3. The maximum atomic E-state index is 12.3. The van der Waals surface area contributed by atoms with E-state index in [-0.39, 0.29) is 24.2 Å². The van der Waals surface area contributed by atoms with Crippen molar-refractivity contribution in [2.24, 2.45) is 5.92 Å². The number of hydrogen-bond donors (Lipinski definition) is 1. The van der Waals surface area contributed by atoms with Crippen LogP contribution in [0.3, 0.4) is 0 Å². The van der Waals surface area contributed by atoms with Gasteiger partial charge >= 0.3 is 0 Å². The molecule has 6 heteroatoms. The van der Waals surface area contributed by atoms with Crippen LogP contribution in [0.4, 0.5) is 10.8 Å². The van der Waals surface area contributed by atoms with Crippen LogP contribution < -0.4 is 10.2 Å². The Hall–Kier alpha value is -2.21. The van der Waals surface area contributed by atoms with E-state index >= 15 is 0 Å². The van der Waals surface area contributed by atoms with Gasteiger partial charge in [0.2, 0.25) is 11.8 Å². The molecule has 0 bridgehead atoms. The normalized spacial score (nSPS) is 17.8. The SMILES string of the molecule is Cc1csc(NC(=O)C2CC(=O)N(c3ccccc3C)C2)n1. The zero-order chi connectivity index (χ0) is 15.7. The smallest absolute Gasteiger partial charge is 0.231 e. The monoisotopic (exact) mass is 315 g/mol. The summed E-state index contributed by atoms with van der Waals surface area (Å²) in [5.41, 5.74) is 2.80. The van der Waals surface area contributed by atoms with Crippen molar-refractivity contribution in [3.8, 4) is 0 Å². The van der Waals surface area contributed by atoms with Crippen LogP contribution >= 0.6 is 11.3 Å². The Labute approximate surface area is 133 Å². The number of para-hydroxylation sites is 1. The summed E-state index contributed by atoms with van der Waals surface area (Å²) in [6.07, 6.45) is 0.241. The average Bonchev–Trinajstić information content (AvgIpc) is 3.06. The highest BCUT2D eigenvalue weighted by molar-refractivity contribution is 7.13. The van der Waals surface area contributed by atoms with E-state index in [1.165, 1.54) is 11.3 Å². The summed E-state index contributed by atoms with van der Waals surface area (Å²) in [5.74, 6) is -0.486. The molecule has 3 rings (SSSR count). The number of aryl methyl sites for hydroxylation is 2. The molecule has 2 heterocycles. The second-order valence-corrected chi connectivity index (χ2v) is 6.33. The lowest BCUT2D eigenvalue weighted by Crippen LogP contribution is -2.28. The maximum Gasteiger partial charge on any atom is 0.231 e. The molecule has 1 aliphatic rings. The Morgan fingerprint density at radius 3 is 2.82 bits per heavy atom. The second-order valence-electron chi connectivity index (χ2n) is 5.48. The maximum absolute atomic E-state index is 12.3. The number of anilines is 2. The molecular formula is C16H17N3O2S. The van der Waals surface area contributed by atoms with Crippen molar-refractivity contribution in [1.29, 1.82) is 0 Å². The predicted molar refractivity (Wildman–Crippen MR) is 87.1 cm³/mol. The van der Waals surface area contributed by atoms with Crippen molar-refractivity contribution in [2.75, 3.05) is 16.8 Å². The fourth-order valence-corrected chi connectivity index (χ4v) is 3.29. The lowest BCUT2D eigenvalue weighted by Gasteiger charge is -2.18. The molecule has 1 saturated heterocycles. The van der Waals surface area contributed by atoms with Crippen molar-refractivity contribution < 1.29 is 9.59 Å². The molecule has 0 aliphatic carbocycles. The van der Waals surface area contributed by atoms with Gasteiger partial charge in [-0.3, -0.25) is 9.59 Å². The number of hydrogen-bond acceptors (Lipinski definition) is 4. The van der Waals surface area contributed by atoms with Crippen molar-refractivity contribution in [3.05, 3.63) is 40.9 Å². The first-order valence-corrected chi connectivity index (χ1v) is 8.01. The van der Waals surface area contributed by atoms with Gasteiger partial charge in [0.15, 0.2) is 5.13 Å². The van der Waals surface area contributed by atoms with E-state index in [9.17, 15) is 9.59 Å². The lowest BCUT2D eigenvalue weighted by atomic mass is 10.1. The van der Waals surface area contributed by atoms with Gasteiger partial charge < -0.3 is 10.2 Å². The fourth-order valence-electron chi connectivity index (χ4n) is 2.60. The van der Waals surface area contributed by atoms with Gasteiger partial charge in [-0.15, -0.1) is 11.3 Å². The van der Waals surface area contributed by atoms with Gasteiger partial charge in [0.25, 0.3) is 0 Å². The molecule has 1 fully saturated rings. The quantitative estimate of drug-likeness (QED) is 0.947. The number of nitrogens with zero attached hydrogens (tertiary/aromatic N) is 2. The van der Waals surface area contributed by atoms with E-state index in [1.807, 2.05) is 43.5 Å². The minimum absolute atomic E-state index is 0.00947. The fraction of sp³-hybridized carbons (Fsp3) is 0.312. The first-order valence-electron chi connectivity index (χ1n) is 7.13. The molecule has 2 aromatic rings. The molecule has 1 aromatic heterocycles. The molecule has 22 heavy (non-hydrogen) atoms. The van der Waals surface area contributed by atoms with E-state index in [0.29, 0.717) is 11.7 Å².